The Kier molecular flexibility index (Phi) is 4.62. The minimum absolute atomic E-state index is 0.551. The summed E-state index contributed by atoms with van der Waals surface area (Å²) in [5.74, 6) is 1.08. The van der Waals surface area contributed by atoms with Crippen molar-refractivity contribution in [1.29, 1.82) is 0 Å². The number of carboxylic acid groups (broad SMARTS) is 1. The van der Waals surface area contributed by atoms with Gasteiger partial charge in [0.05, 0.1) is 13.0 Å². The number of nitrogens with zero attached hydrogens (tertiary/aromatic N) is 1. The maximum atomic E-state index is 8.89. The fourth-order valence-electron chi connectivity index (χ4n) is 4.05. The zero-order valence-electron chi connectivity index (χ0n) is 14.3. The van der Waals surface area contributed by atoms with Crippen molar-refractivity contribution in [3.05, 3.63) is 59.6 Å². The first-order chi connectivity index (χ1) is 11.5. The Balaban J connectivity index is 0.000000383. The first-order valence-electron chi connectivity index (χ1n) is 8.26. The first kappa shape index (κ1) is 16.6. The van der Waals surface area contributed by atoms with Crippen LogP contribution in [0.15, 0.2) is 59.6 Å². The molecule has 0 spiro atoms. The quantitative estimate of drug-likeness (QED) is 0.718. The number of carbonyl (C=O) groups excluding carboxylic acids is 1. The van der Waals surface area contributed by atoms with Crippen LogP contribution in [-0.4, -0.2) is 43.7 Å². The molecule has 2 N–H and O–H groups in total. The van der Waals surface area contributed by atoms with Gasteiger partial charge in [-0.25, -0.2) is 0 Å². The van der Waals surface area contributed by atoms with Gasteiger partial charge in [-0.05, 0) is 54.7 Å². The SMILES string of the molecule is CC(=O)[O-].COC1=CC2C(C=C1)[NH2+]C1C=CC3=C(CN(C)C=C3)C12. The summed E-state index contributed by atoms with van der Waals surface area (Å²) in [4.78, 5) is 11.2. The van der Waals surface area contributed by atoms with Crippen LogP contribution >= 0.6 is 0 Å². The maximum Gasteiger partial charge on any atom is 0.115 e. The molecule has 0 bridgehead atoms. The minimum Gasteiger partial charge on any atom is -0.550 e. The van der Waals surface area contributed by atoms with Crippen molar-refractivity contribution in [2.45, 2.75) is 19.0 Å². The van der Waals surface area contributed by atoms with Gasteiger partial charge in [0.1, 0.15) is 17.8 Å². The van der Waals surface area contributed by atoms with Crippen LogP contribution in [0.5, 0.6) is 0 Å². The van der Waals surface area contributed by atoms with Gasteiger partial charge >= 0.3 is 0 Å². The molecule has 4 atom stereocenters. The van der Waals surface area contributed by atoms with Gasteiger partial charge in [0.2, 0.25) is 0 Å². The van der Waals surface area contributed by atoms with Crippen molar-refractivity contribution in [2.75, 3.05) is 20.7 Å². The van der Waals surface area contributed by atoms with Gasteiger partial charge in [0.25, 0.3) is 0 Å². The van der Waals surface area contributed by atoms with E-state index >= 15 is 0 Å². The van der Waals surface area contributed by atoms with Crippen LogP contribution in [-0.2, 0) is 9.53 Å². The van der Waals surface area contributed by atoms with Crippen molar-refractivity contribution in [1.82, 2.24) is 4.90 Å². The lowest BCUT2D eigenvalue weighted by molar-refractivity contribution is -0.686. The molecule has 2 aliphatic heterocycles. The highest BCUT2D eigenvalue weighted by Gasteiger charge is 2.48. The van der Waals surface area contributed by atoms with Crippen LogP contribution in [0.4, 0.5) is 0 Å². The summed E-state index contributed by atoms with van der Waals surface area (Å²) in [6.07, 6.45) is 15.9. The van der Waals surface area contributed by atoms with Crippen LogP contribution in [0.25, 0.3) is 0 Å². The lowest BCUT2D eigenvalue weighted by Crippen LogP contribution is -2.91. The highest BCUT2D eigenvalue weighted by atomic mass is 16.5. The van der Waals surface area contributed by atoms with E-state index in [4.69, 9.17) is 14.6 Å². The number of fused-ring (bicyclic) bond motifs is 4. The van der Waals surface area contributed by atoms with Crippen molar-refractivity contribution in [2.24, 2.45) is 11.8 Å². The molecular formula is C19H24N2O3. The molecule has 24 heavy (non-hydrogen) atoms. The second-order valence-electron chi connectivity index (χ2n) is 6.64. The first-order valence-corrected chi connectivity index (χ1v) is 8.26. The predicted molar refractivity (Wildman–Crippen MR) is 89.3 cm³/mol. The number of ether oxygens (including phenoxy) is 1. The molecule has 4 unspecified atom stereocenters. The predicted octanol–water partition coefficient (Wildman–Crippen LogP) is -0.285. The minimum atomic E-state index is -1.08. The molecule has 1 fully saturated rings. The van der Waals surface area contributed by atoms with E-state index in [1.54, 1.807) is 12.7 Å². The van der Waals surface area contributed by atoms with E-state index in [0.29, 0.717) is 23.9 Å². The zero-order valence-corrected chi connectivity index (χ0v) is 14.3. The van der Waals surface area contributed by atoms with E-state index < -0.39 is 5.97 Å². The Morgan fingerprint density at radius 1 is 1.29 bits per heavy atom. The van der Waals surface area contributed by atoms with Gasteiger partial charge in [0.15, 0.2) is 0 Å². The normalized spacial score (nSPS) is 32.3. The number of aliphatic carboxylic acids is 1. The van der Waals surface area contributed by atoms with Gasteiger partial charge in [-0.1, -0.05) is 6.08 Å². The van der Waals surface area contributed by atoms with Crippen LogP contribution in [0, 0.1) is 11.8 Å². The summed E-state index contributed by atoms with van der Waals surface area (Å²) >= 11 is 0. The number of rotatable bonds is 1. The van der Waals surface area contributed by atoms with E-state index in [9.17, 15) is 0 Å². The Hall–Kier alpha value is -2.27. The number of allylic oxidation sites excluding steroid dienone is 4. The second-order valence-corrected chi connectivity index (χ2v) is 6.64. The number of hydrogen-bond donors (Lipinski definition) is 1. The number of carboxylic acids is 1. The van der Waals surface area contributed by atoms with E-state index in [1.165, 1.54) is 5.57 Å². The Labute approximate surface area is 142 Å². The molecule has 0 aromatic carbocycles. The molecule has 0 amide bonds. The second kappa shape index (κ2) is 6.69. The van der Waals surface area contributed by atoms with Gasteiger partial charge in [0, 0.05) is 25.5 Å². The third-order valence-corrected chi connectivity index (χ3v) is 4.99. The molecule has 0 radical (unpaired) electrons. The number of hydrogen-bond acceptors (Lipinski definition) is 4. The summed E-state index contributed by atoms with van der Waals surface area (Å²) in [5, 5.41) is 11.4. The number of carbonyl (C=O) groups is 1. The molecule has 2 heterocycles. The van der Waals surface area contributed by atoms with Crippen molar-refractivity contribution in [3.8, 4) is 0 Å². The van der Waals surface area contributed by atoms with Gasteiger partial charge < -0.3 is 24.9 Å². The van der Waals surface area contributed by atoms with Crippen molar-refractivity contribution >= 4 is 5.97 Å². The van der Waals surface area contributed by atoms with Gasteiger partial charge in [-0.2, -0.15) is 0 Å². The third kappa shape index (κ3) is 3.17. The van der Waals surface area contributed by atoms with Crippen LogP contribution < -0.4 is 10.4 Å². The summed E-state index contributed by atoms with van der Waals surface area (Å²) in [6, 6.07) is 1.12. The Morgan fingerprint density at radius 3 is 2.71 bits per heavy atom. The fourth-order valence-corrected chi connectivity index (χ4v) is 4.05. The average Bonchev–Trinajstić information content (AvgIpc) is 2.92. The number of likely N-dealkylation sites (N-methyl/N-ethyl adjacent to an activating group) is 1. The molecule has 0 aromatic rings. The Morgan fingerprint density at radius 2 is 2.00 bits per heavy atom. The largest absolute Gasteiger partial charge is 0.550 e. The lowest BCUT2D eigenvalue weighted by atomic mass is 9.75. The highest BCUT2D eigenvalue weighted by molar-refractivity contribution is 5.60. The molecule has 4 aliphatic rings. The fraction of sp³-hybridized carbons (Fsp3) is 0.421. The molecule has 2 aliphatic carbocycles. The summed E-state index contributed by atoms with van der Waals surface area (Å²) < 4.78 is 5.44. The van der Waals surface area contributed by atoms with E-state index in [0.717, 1.165) is 19.2 Å². The van der Waals surface area contributed by atoms with Gasteiger partial charge in [-0.3, -0.25) is 0 Å². The van der Waals surface area contributed by atoms with E-state index in [2.05, 4.69) is 59.9 Å². The zero-order chi connectivity index (χ0) is 17.3. The third-order valence-electron chi connectivity index (χ3n) is 4.99. The maximum absolute atomic E-state index is 8.89. The van der Waals surface area contributed by atoms with Crippen molar-refractivity contribution in [3.63, 3.8) is 0 Å². The molecular weight excluding hydrogens is 304 g/mol. The highest BCUT2D eigenvalue weighted by Crippen LogP contribution is 2.39. The Bertz CT molecular complexity index is 668. The molecule has 5 nitrogen and oxygen atoms in total. The molecule has 128 valence electrons. The van der Waals surface area contributed by atoms with Crippen LogP contribution in [0.1, 0.15) is 6.92 Å². The standard InChI is InChI=1S/C17H20N2O.C2H4O2/c1-19-8-7-11-3-5-16-17(14(11)10-19)13-9-12(20-2)4-6-15(13)18-16;1-2(3)4/h3-9,13,15-18H,10H2,1-2H3;1H3,(H,3,4). The topological polar surface area (TPSA) is 69.2 Å². The summed E-state index contributed by atoms with van der Waals surface area (Å²) in [5.41, 5.74) is 3.01. The van der Waals surface area contributed by atoms with Crippen LogP contribution in [0.3, 0.4) is 0 Å². The molecule has 0 saturated carbocycles. The summed E-state index contributed by atoms with van der Waals surface area (Å²) in [7, 11) is 3.91. The average molecular weight is 328 g/mol. The monoisotopic (exact) mass is 328 g/mol. The van der Waals surface area contributed by atoms with Gasteiger partial charge in [-0.15, -0.1) is 0 Å². The molecule has 5 heteroatoms. The number of nitrogens with two attached hydrogens (primary N) is 1. The summed E-state index contributed by atoms with van der Waals surface area (Å²) in [6.45, 7) is 2.02. The smallest absolute Gasteiger partial charge is 0.115 e. The number of methoxy groups -OCH3 is 1. The molecule has 4 rings (SSSR count). The number of quaternary nitrogens is 1. The lowest BCUT2D eigenvalue weighted by Gasteiger charge is -2.32. The van der Waals surface area contributed by atoms with E-state index in [1.807, 2.05) is 0 Å². The molecule has 0 aromatic heterocycles. The molecule has 1 saturated heterocycles. The van der Waals surface area contributed by atoms with Crippen LogP contribution in [0.2, 0.25) is 0 Å². The van der Waals surface area contributed by atoms with Crippen molar-refractivity contribution < 1.29 is 20.0 Å². The van der Waals surface area contributed by atoms with E-state index in [-0.39, 0.29) is 0 Å².